The van der Waals surface area contributed by atoms with E-state index in [9.17, 15) is 9.59 Å². The summed E-state index contributed by atoms with van der Waals surface area (Å²) in [5.41, 5.74) is 2.06. The fourth-order valence-electron chi connectivity index (χ4n) is 4.05. The van der Waals surface area contributed by atoms with E-state index in [2.05, 4.69) is 0 Å². The third-order valence-electron chi connectivity index (χ3n) is 5.54. The van der Waals surface area contributed by atoms with E-state index < -0.39 is 6.04 Å². The molecule has 1 amide bonds. The maximum absolute atomic E-state index is 13.5. The lowest BCUT2D eigenvalue weighted by atomic mass is 9.98. The number of anilines is 1. The first-order valence-electron chi connectivity index (χ1n) is 9.79. The largest absolute Gasteiger partial charge is 0.497 e. The van der Waals surface area contributed by atoms with Crippen molar-refractivity contribution in [1.29, 1.82) is 0 Å². The van der Waals surface area contributed by atoms with Gasteiger partial charge in [-0.3, -0.25) is 14.5 Å². The second-order valence-corrected chi connectivity index (χ2v) is 8.10. The van der Waals surface area contributed by atoms with Crippen LogP contribution in [0.15, 0.2) is 86.9 Å². The van der Waals surface area contributed by atoms with Gasteiger partial charge in [-0.1, -0.05) is 30.3 Å². The molecule has 4 aromatic rings. The zero-order valence-corrected chi connectivity index (χ0v) is 17.8. The smallest absolute Gasteiger partial charge is 0.295 e. The Labute approximate surface area is 183 Å². The van der Waals surface area contributed by atoms with Crippen LogP contribution < -0.4 is 15.1 Å². The summed E-state index contributed by atoms with van der Waals surface area (Å²) in [6.07, 6.45) is 2.01. The van der Waals surface area contributed by atoms with Gasteiger partial charge in [-0.05, 0) is 48.2 Å². The highest BCUT2D eigenvalue weighted by Crippen LogP contribution is 2.42. The number of methoxy groups -OCH3 is 1. The standard InChI is InChI=1S/C25H19NO4S/c1-29-17-7-5-6-16(14-17)26-22(15-10-12-18(31-2)13-11-15)21-23(27)19-8-3-4-9-20(19)30-24(21)25(26)28/h3-14,22H,1-2H3. The van der Waals surface area contributed by atoms with Crippen LogP contribution in [0.3, 0.4) is 0 Å². The molecule has 1 aliphatic heterocycles. The molecule has 5 rings (SSSR count). The van der Waals surface area contributed by atoms with E-state index >= 15 is 0 Å². The molecule has 0 saturated carbocycles. The summed E-state index contributed by atoms with van der Waals surface area (Å²) in [7, 11) is 1.58. The first kappa shape index (κ1) is 19.5. The van der Waals surface area contributed by atoms with Crippen LogP contribution in [-0.4, -0.2) is 19.3 Å². The van der Waals surface area contributed by atoms with Crippen LogP contribution in [0.1, 0.15) is 27.7 Å². The fraction of sp³-hybridized carbons (Fsp3) is 0.120. The molecule has 0 spiro atoms. The van der Waals surface area contributed by atoms with Crippen molar-refractivity contribution in [2.45, 2.75) is 10.9 Å². The quantitative estimate of drug-likeness (QED) is 0.414. The van der Waals surface area contributed by atoms with E-state index in [1.165, 1.54) is 0 Å². The number of hydrogen-bond acceptors (Lipinski definition) is 5. The van der Waals surface area contributed by atoms with Crippen molar-refractivity contribution in [3.63, 3.8) is 0 Å². The highest BCUT2D eigenvalue weighted by Gasteiger charge is 2.43. The molecule has 1 aliphatic rings. The third-order valence-corrected chi connectivity index (χ3v) is 6.28. The van der Waals surface area contributed by atoms with Gasteiger partial charge in [-0.2, -0.15) is 0 Å². The second-order valence-electron chi connectivity index (χ2n) is 7.22. The molecule has 6 heteroatoms. The van der Waals surface area contributed by atoms with Crippen LogP contribution in [0.25, 0.3) is 11.0 Å². The molecule has 2 heterocycles. The monoisotopic (exact) mass is 429 g/mol. The minimum atomic E-state index is -0.591. The number of carbonyl (C=O) groups is 1. The molecule has 0 saturated heterocycles. The van der Waals surface area contributed by atoms with E-state index in [1.54, 1.807) is 54.1 Å². The highest BCUT2D eigenvalue weighted by molar-refractivity contribution is 7.98. The lowest BCUT2D eigenvalue weighted by molar-refractivity contribution is 0.0971. The number of para-hydroxylation sites is 1. The van der Waals surface area contributed by atoms with Crippen LogP contribution in [-0.2, 0) is 0 Å². The maximum Gasteiger partial charge on any atom is 0.295 e. The van der Waals surface area contributed by atoms with Crippen LogP contribution in [0, 0.1) is 0 Å². The van der Waals surface area contributed by atoms with Gasteiger partial charge in [0.25, 0.3) is 5.91 Å². The maximum atomic E-state index is 13.5. The SMILES string of the molecule is COc1cccc(N2C(=O)c3oc4ccccc4c(=O)c3C2c2ccc(SC)cc2)c1. The zero-order chi connectivity index (χ0) is 21.5. The van der Waals surface area contributed by atoms with E-state index in [0.717, 1.165) is 10.5 Å². The molecular weight excluding hydrogens is 410 g/mol. The Kier molecular flexibility index (Phi) is 4.79. The summed E-state index contributed by atoms with van der Waals surface area (Å²) in [4.78, 5) is 29.8. The van der Waals surface area contributed by atoms with Crippen molar-refractivity contribution in [3.05, 3.63) is 99.9 Å². The molecule has 0 radical (unpaired) electrons. The van der Waals surface area contributed by atoms with Gasteiger partial charge in [-0.15, -0.1) is 11.8 Å². The number of amides is 1. The normalized spacial score (nSPS) is 15.4. The predicted octanol–water partition coefficient (Wildman–Crippen LogP) is 5.27. The Balaban J connectivity index is 1.78. The van der Waals surface area contributed by atoms with Crippen molar-refractivity contribution in [1.82, 2.24) is 0 Å². The Morgan fingerprint density at radius 1 is 0.968 bits per heavy atom. The number of carbonyl (C=O) groups excluding carboxylic acids is 1. The average Bonchev–Trinajstić information content (AvgIpc) is 3.12. The van der Waals surface area contributed by atoms with Crippen LogP contribution in [0.4, 0.5) is 5.69 Å². The van der Waals surface area contributed by atoms with E-state index in [4.69, 9.17) is 9.15 Å². The Hall–Kier alpha value is -3.51. The number of nitrogens with zero attached hydrogens (tertiary/aromatic N) is 1. The zero-order valence-electron chi connectivity index (χ0n) is 17.0. The lowest BCUT2D eigenvalue weighted by Crippen LogP contribution is -2.29. The topological polar surface area (TPSA) is 59.8 Å². The molecule has 3 aromatic carbocycles. The van der Waals surface area contributed by atoms with Gasteiger partial charge in [0, 0.05) is 16.6 Å². The lowest BCUT2D eigenvalue weighted by Gasteiger charge is -2.25. The summed E-state index contributed by atoms with van der Waals surface area (Å²) in [5.74, 6) is 0.373. The number of thioether (sulfide) groups is 1. The summed E-state index contributed by atoms with van der Waals surface area (Å²) >= 11 is 1.64. The Bertz CT molecular complexity index is 1360. The van der Waals surface area contributed by atoms with Gasteiger partial charge in [-0.25, -0.2) is 0 Å². The van der Waals surface area contributed by atoms with E-state index in [-0.39, 0.29) is 17.1 Å². The van der Waals surface area contributed by atoms with Gasteiger partial charge in [0.15, 0.2) is 5.43 Å². The Morgan fingerprint density at radius 3 is 2.48 bits per heavy atom. The number of benzene rings is 3. The second kappa shape index (κ2) is 7.63. The number of fused-ring (bicyclic) bond motifs is 2. The first-order chi connectivity index (χ1) is 15.1. The molecular formula is C25H19NO4S. The van der Waals surface area contributed by atoms with Crippen LogP contribution in [0.5, 0.6) is 5.75 Å². The van der Waals surface area contributed by atoms with Crippen molar-refractivity contribution >= 4 is 34.3 Å². The minimum Gasteiger partial charge on any atom is -0.497 e. The molecule has 31 heavy (non-hydrogen) atoms. The predicted molar refractivity (Wildman–Crippen MR) is 122 cm³/mol. The highest BCUT2D eigenvalue weighted by atomic mass is 32.2. The van der Waals surface area contributed by atoms with Crippen molar-refractivity contribution in [3.8, 4) is 5.75 Å². The van der Waals surface area contributed by atoms with E-state index in [1.807, 2.05) is 48.7 Å². The van der Waals surface area contributed by atoms with Crippen LogP contribution >= 0.6 is 11.8 Å². The summed E-state index contributed by atoms with van der Waals surface area (Å²) in [5, 5.41) is 0.465. The summed E-state index contributed by atoms with van der Waals surface area (Å²) in [6, 6.07) is 21.6. The Morgan fingerprint density at radius 2 is 1.74 bits per heavy atom. The molecule has 0 N–H and O–H groups in total. The molecule has 1 atom stereocenters. The fourth-order valence-corrected chi connectivity index (χ4v) is 4.46. The van der Waals surface area contributed by atoms with Crippen LogP contribution in [0.2, 0.25) is 0 Å². The number of hydrogen-bond donors (Lipinski definition) is 0. The average molecular weight is 429 g/mol. The summed E-state index contributed by atoms with van der Waals surface area (Å²) in [6.45, 7) is 0. The van der Waals surface area contributed by atoms with E-state index in [0.29, 0.717) is 28.0 Å². The van der Waals surface area contributed by atoms with Gasteiger partial charge >= 0.3 is 0 Å². The van der Waals surface area contributed by atoms with Crippen molar-refractivity contribution in [2.24, 2.45) is 0 Å². The van der Waals surface area contributed by atoms with Gasteiger partial charge < -0.3 is 9.15 Å². The molecule has 1 unspecified atom stereocenters. The molecule has 1 aromatic heterocycles. The van der Waals surface area contributed by atoms with Crippen molar-refractivity contribution in [2.75, 3.05) is 18.3 Å². The van der Waals surface area contributed by atoms with Gasteiger partial charge in [0.2, 0.25) is 5.76 Å². The molecule has 0 aliphatic carbocycles. The molecule has 154 valence electrons. The summed E-state index contributed by atoms with van der Waals surface area (Å²) < 4.78 is 11.3. The molecule has 0 fully saturated rings. The molecule has 5 nitrogen and oxygen atoms in total. The van der Waals surface area contributed by atoms with Crippen molar-refractivity contribution < 1.29 is 13.9 Å². The first-order valence-corrected chi connectivity index (χ1v) is 11.0. The number of ether oxygens (including phenoxy) is 1. The number of rotatable bonds is 4. The third kappa shape index (κ3) is 3.11. The van der Waals surface area contributed by atoms with Gasteiger partial charge in [0.1, 0.15) is 11.3 Å². The van der Waals surface area contributed by atoms with Gasteiger partial charge in [0.05, 0.1) is 24.1 Å². The molecule has 0 bridgehead atoms. The minimum absolute atomic E-state index is 0.0884.